The van der Waals surface area contributed by atoms with Crippen LogP contribution in [-0.4, -0.2) is 47.9 Å². The number of rotatable bonds is 6. The molecule has 0 radical (unpaired) electrons. The van der Waals surface area contributed by atoms with Crippen molar-refractivity contribution in [2.45, 2.75) is 59.1 Å². The van der Waals surface area contributed by atoms with Crippen molar-refractivity contribution in [2.75, 3.05) is 18.4 Å². The Bertz CT molecular complexity index is 699. The van der Waals surface area contributed by atoms with Crippen LogP contribution in [0, 0.1) is 6.92 Å². The van der Waals surface area contributed by atoms with Gasteiger partial charge in [0.05, 0.1) is 23.1 Å². The fourth-order valence-electron chi connectivity index (χ4n) is 3.10. The number of hydrogen-bond donors (Lipinski definition) is 2. The molecule has 3 N–H and O–H groups in total. The van der Waals surface area contributed by atoms with E-state index < -0.39 is 11.9 Å². The van der Waals surface area contributed by atoms with Crippen LogP contribution in [0.4, 0.5) is 5.00 Å². The van der Waals surface area contributed by atoms with E-state index in [1.54, 1.807) is 20.8 Å². The van der Waals surface area contributed by atoms with Crippen LogP contribution in [0.1, 0.15) is 65.6 Å². The van der Waals surface area contributed by atoms with Gasteiger partial charge in [-0.05, 0) is 52.6 Å². The molecular weight excluding hydrogens is 354 g/mol. The van der Waals surface area contributed by atoms with Crippen LogP contribution < -0.4 is 11.1 Å². The van der Waals surface area contributed by atoms with Crippen molar-refractivity contribution in [3.8, 4) is 0 Å². The molecule has 0 aliphatic carbocycles. The van der Waals surface area contributed by atoms with Crippen LogP contribution in [0.25, 0.3) is 0 Å². The first-order valence-electron chi connectivity index (χ1n) is 8.88. The molecule has 2 amide bonds. The predicted molar refractivity (Wildman–Crippen MR) is 102 cm³/mol. The lowest BCUT2D eigenvalue weighted by molar-refractivity contribution is -0.118. The number of nitrogens with two attached hydrogens (primary N) is 1. The van der Waals surface area contributed by atoms with E-state index in [0.717, 1.165) is 30.7 Å². The third-order valence-electron chi connectivity index (χ3n) is 4.46. The van der Waals surface area contributed by atoms with Gasteiger partial charge >= 0.3 is 5.97 Å². The summed E-state index contributed by atoms with van der Waals surface area (Å²) < 4.78 is 5.25. The minimum atomic E-state index is -0.628. The third-order valence-corrected chi connectivity index (χ3v) is 5.68. The average molecular weight is 381 g/mol. The van der Waals surface area contributed by atoms with Crippen LogP contribution in [0.5, 0.6) is 0 Å². The van der Waals surface area contributed by atoms with E-state index in [4.69, 9.17) is 10.5 Å². The minimum absolute atomic E-state index is 0.206. The molecule has 1 aliphatic rings. The number of anilines is 1. The molecule has 0 spiro atoms. The zero-order chi connectivity index (χ0) is 19.4. The topological polar surface area (TPSA) is 102 Å². The molecule has 2 heterocycles. The minimum Gasteiger partial charge on any atom is -0.459 e. The van der Waals surface area contributed by atoms with Crippen molar-refractivity contribution in [1.82, 2.24) is 4.90 Å². The highest BCUT2D eigenvalue weighted by Crippen LogP contribution is 2.33. The van der Waals surface area contributed by atoms with E-state index >= 15 is 0 Å². The zero-order valence-electron chi connectivity index (χ0n) is 15.8. The number of nitrogens with one attached hydrogen (secondary N) is 1. The van der Waals surface area contributed by atoms with Gasteiger partial charge in [-0.15, -0.1) is 11.3 Å². The van der Waals surface area contributed by atoms with E-state index in [-0.39, 0.29) is 29.0 Å². The zero-order valence-corrected chi connectivity index (χ0v) is 16.6. The number of nitrogens with zero attached hydrogens (tertiary/aromatic N) is 1. The number of ether oxygens (including phenoxy) is 1. The largest absolute Gasteiger partial charge is 0.459 e. The Labute approximate surface area is 157 Å². The molecule has 1 fully saturated rings. The summed E-state index contributed by atoms with van der Waals surface area (Å²) >= 11 is 1.01. The highest BCUT2D eigenvalue weighted by atomic mass is 32.1. The summed E-state index contributed by atoms with van der Waals surface area (Å²) in [5.41, 5.74) is 6.04. The van der Waals surface area contributed by atoms with Gasteiger partial charge in [0.15, 0.2) is 0 Å². The second-order valence-electron chi connectivity index (χ2n) is 6.94. The lowest BCUT2D eigenvalue weighted by Gasteiger charge is -2.32. The van der Waals surface area contributed by atoms with E-state index in [0.29, 0.717) is 16.6 Å². The summed E-state index contributed by atoms with van der Waals surface area (Å²) in [5.74, 6) is -1.41. The SMILES string of the molecule is Cc1c(C(N)=O)sc(NC(=O)CN2CCCC[C@@H]2C)c1C(=O)OC(C)C. The molecule has 1 aromatic rings. The van der Waals surface area contributed by atoms with Crippen molar-refractivity contribution >= 4 is 34.1 Å². The molecule has 8 heteroatoms. The number of carbonyl (C=O) groups excluding carboxylic acids is 3. The number of esters is 1. The van der Waals surface area contributed by atoms with Crippen LogP contribution in [0.3, 0.4) is 0 Å². The van der Waals surface area contributed by atoms with Gasteiger partial charge in [-0.1, -0.05) is 6.42 Å². The van der Waals surface area contributed by atoms with Gasteiger partial charge < -0.3 is 15.8 Å². The fourth-order valence-corrected chi connectivity index (χ4v) is 4.16. The highest BCUT2D eigenvalue weighted by molar-refractivity contribution is 7.18. The molecule has 0 bridgehead atoms. The Kier molecular flexibility index (Phi) is 6.77. The lowest BCUT2D eigenvalue weighted by atomic mass is 10.0. The molecule has 0 aromatic carbocycles. The second-order valence-corrected chi connectivity index (χ2v) is 7.96. The van der Waals surface area contributed by atoms with Gasteiger partial charge in [-0.3, -0.25) is 14.5 Å². The summed E-state index contributed by atoms with van der Waals surface area (Å²) in [6, 6.07) is 0.353. The summed E-state index contributed by atoms with van der Waals surface area (Å²) in [4.78, 5) is 38.9. The second kappa shape index (κ2) is 8.64. The van der Waals surface area contributed by atoms with Crippen molar-refractivity contribution in [2.24, 2.45) is 5.73 Å². The molecule has 1 atom stereocenters. The quantitative estimate of drug-likeness (QED) is 0.737. The van der Waals surface area contributed by atoms with E-state index in [2.05, 4.69) is 17.1 Å². The normalized spacial score (nSPS) is 18.0. The van der Waals surface area contributed by atoms with E-state index in [1.165, 1.54) is 6.42 Å². The predicted octanol–water partition coefficient (Wildman–Crippen LogP) is 2.53. The smallest absolute Gasteiger partial charge is 0.341 e. The van der Waals surface area contributed by atoms with Crippen molar-refractivity contribution in [3.63, 3.8) is 0 Å². The van der Waals surface area contributed by atoms with Gasteiger partial charge in [-0.25, -0.2) is 4.79 Å². The average Bonchev–Trinajstić information content (AvgIpc) is 2.85. The Morgan fingerprint density at radius 2 is 2.04 bits per heavy atom. The van der Waals surface area contributed by atoms with Crippen LogP contribution in [0.15, 0.2) is 0 Å². The summed E-state index contributed by atoms with van der Waals surface area (Å²) in [7, 11) is 0. The number of piperidine rings is 1. The molecule has 2 rings (SSSR count). The number of amides is 2. The molecular formula is C18H27N3O4S. The Morgan fingerprint density at radius 1 is 1.35 bits per heavy atom. The summed E-state index contributed by atoms with van der Waals surface area (Å²) in [6.07, 6.45) is 3.02. The Balaban J connectivity index is 2.21. The number of primary amides is 1. The molecule has 7 nitrogen and oxygen atoms in total. The van der Waals surface area contributed by atoms with Gasteiger partial charge in [0.25, 0.3) is 5.91 Å². The first kappa shape index (κ1) is 20.4. The van der Waals surface area contributed by atoms with Gasteiger partial charge in [-0.2, -0.15) is 0 Å². The maximum atomic E-state index is 12.5. The van der Waals surface area contributed by atoms with Crippen LogP contribution >= 0.6 is 11.3 Å². The van der Waals surface area contributed by atoms with E-state index in [9.17, 15) is 14.4 Å². The molecule has 26 heavy (non-hydrogen) atoms. The van der Waals surface area contributed by atoms with Crippen molar-refractivity contribution < 1.29 is 19.1 Å². The van der Waals surface area contributed by atoms with Crippen molar-refractivity contribution in [1.29, 1.82) is 0 Å². The molecule has 1 aliphatic heterocycles. The molecule has 1 aromatic heterocycles. The van der Waals surface area contributed by atoms with Crippen LogP contribution in [-0.2, 0) is 9.53 Å². The lowest BCUT2D eigenvalue weighted by Crippen LogP contribution is -2.42. The highest BCUT2D eigenvalue weighted by Gasteiger charge is 2.27. The summed E-state index contributed by atoms with van der Waals surface area (Å²) in [6.45, 7) is 8.36. The Morgan fingerprint density at radius 3 is 2.62 bits per heavy atom. The molecule has 144 valence electrons. The first-order chi connectivity index (χ1) is 12.2. The first-order valence-corrected chi connectivity index (χ1v) is 9.70. The number of carbonyl (C=O) groups is 3. The maximum absolute atomic E-state index is 12.5. The molecule has 0 saturated carbocycles. The number of hydrogen-bond acceptors (Lipinski definition) is 6. The van der Waals surface area contributed by atoms with Gasteiger partial charge in [0, 0.05) is 6.04 Å². The third kappa shape index (κ3) is 4.82. The fraction of sp³-hybridized carbons (Fsp3) is 0.611. The Hall–Kier alpha value is -1.93. The maximum Gasteiger partial charge on any atom is 0.341 e. The molecule has 1 saturated heterocycles. The number of likely N-dealkylation sites (tertiary alicyclic amines) is 1. The molecule has 0 unspecified atom stereocenters. The summed E-state index contributed by atoms with van der Waals surface area (Å²) in [5, 5.41) is 3.09. The van der Waals surface area contributed by atoms with Gasteiger partial charge in [0.1, 0.15) is 5.00 Å². The van der Waals surface area contributed by atoms with Crippen molar-refractivity contribution in [3.05, 3.63) is 16.0 Å². The van der Waals surface area contributed by atoms with Gasteiger partial charge in [0.2, 0.25) is 5.91 Å². The number of thiophene rings is 1. The van der Waals surface area contributed by atoms with E-state index in [1.807, 2.05) is 0 Å². The standard InChI is InChI=1S/C18H27N3O4S/c1-10(2)25-18(24)14-12(4)15(16(19)23)26-17(14)20-13(22)9-21-8-6-5-7-11(21)3/h10-11H,5-9H2,1-4H3,(H2,19,23)(H,20,22)/t11-/m0/s1. The monoisotopic (exact) mass is 381 g/mol. The van der Waals surface area contributed by atoms with Crippen LogP contribution in [0.2, 0.25) is 0 Å².